The maximum absolute atomic E-state index is 5.43. The van der Waals surface area contributed by atoms with Gasteiger partial charge in [0.1, 0.15) is 5.75 Å². The van der Waals surface area contributed by atoms with E-state index in [9.17, 15) is 0 Å². The molecule has 0 saturated heterocycles. The van der Waals surface area contributed by atoms with E-state index in [0.717, 1.165) is 12.3 Å². The van der Waals surface area contributed by atoms with E-state index in [1.807, 2.05) is 0 Å². The third-order valence-electron chi connectivity index (χ3n) is 4.51. The van der Waals surface area contributed by atoms with Crippen LogP contribution in [0.3, 0.4) is 0 Å². The summed E-state index contributed by atoms with van der Waals surface area (Å²) in [5.41, 5.74) is 4.64. The van der Waals surface area contributed by atoms with Crippen molar-refractivity contribution in [1.29, 1.82) is 0 Å². The summed E-state index contributed by atoms with van der Waals surface area (Å²) in [7, 11) is 1.76. The summed E-state index contributed by atoms with van der Waals surface area (Å²) in [6, 6.07) is 4.41. The molecule has 92 valence electrons. The first-order valence-corrected chi connectivity index (χ1v) is 6.68. The lowest BCUT2D eigenvalue weighted by Crippen LogP contribution is -2.38. The number of hydrogen-bond donors (Lipinski definition) is 1. The van der Waals surface area contributed by atoms with Crippen LogP contribution in [0.1, 0.15) is 48.8 Å². The van der Waals surface area contributed by atoms with Gasteiger partial charge in [0.2, 0.25) is 0 Å². The minimum atomic E-state index is 0.257. The van der Waals surface area contributed by atoms with Gasteiger partial charge in [-0.3, -0.25) is 0 Å². The summed E-state index contributed by atoms with van der Waals surface area (Å²) < 4.78 is 5.43. The van der Waals surface area contributed by atoms with E-state index in [2.05, 4.69) is 24.4 Å². The van der Waals surface area contributed by atoms with Gasteiger partial charge in [0.05, 0.1) is 7.11 Å². The summed E-state index contributed by atoms with van der Waals surface area (Å²) in [5.74, 6) is 1.01. The lowest BCUT2D eigenvalue weighted by molar-refractivity contribution is 0.251. The van der Waals surface area contributed by atoms with Crippen LogP contribution in [0.5, 0.6) is 5.75 Å². The minimum absolute atomic E-state index is 0.257. The summed E-state index contributed by atoms with van der Waals surface area (Å²) in [6.07, 6.45) is 6.66. The molecule has 17 heavy (non-hydrogen) atoms. The number of benzene rings is 1. The minimum Gasteiger partial charge on any atom is -0.497 e. The molecule has 0 radical (unpaired) electrons. The lowest BCUT2D eigenvalue weighted by atomic mass is 9.77. The Balaban J connectivity index is 2.08. The number of ether oxygens (including phenoxy) is 1. The number of aryl methyl sites for hydroxylation is 1. The molecule has 1 fully saturated rings. The smallest absolute Gasteiger partial charge is 0.119 e. The average Bonchev–Trinajstić information content (AvgIpc) is 2.70. The molecule has 2 heteroatoms. The molecule has 1 aromatic rings. The monoisotopic (exact) mass is 231 g/mol. The van der Waals surface area contributed by atoms with Crippen LogP contribution in [0.2, 0.25) is 0 Å². The van der Waals surface area contributed by atoms with Gasteiger partial charge in [-0.1, -0.05) is 19.3 Å². The van der Waals surface area contributed by atoms with E-state index in [1.54, 1.807) is 7.11 Å². The van der Waals surface area contributed by atoms with Crippen molar-refractivity contribution in [3.8, 4) is 5.75 Å². The SMILES string of the molecule is COc1cc(C)c2c(c1)C1(CCCCC1)NC2. The molecule has 1 spiro atoms. The number of fused-ring (bicyclic) bond motifs is 2. The van der Waals surface area contributed by atoms with Crippen molar-refractivity contribution in [2.24, 2.45) is 0 Å². The highest BCUT2D eigenvalue weighted by atomic mass is 16.5. The summed E-state index contributed by atoms with van der Waals surface area (Å²) >= 11 is 0. The van der Waals surface area contributed by atoms with Crippen molar-refractivity contribution in [1.82, 2.24) is 5.32 Å². The fourth-order valence-corrected chi connectivity index (χ4v) is 3.52. The van der Waals surface area contributed by atoms with Crippen molar-refractivity contribution >= 4 is 0 Å². The van der Waals surface area contributed by atoms with E-state index < -0.39 is 0 Å². The zero-order valence-corrected chi connectivity index (χ0v) is 10.8. The second-order valence-corrected chi connectivity index (χ2v) is 5.47. The maximum Gasteiger partial charge on any atom is 0.119 e. The summed E-state index contributed by atoms with van der Waals surface area (Å²) in [5, 5.41) is 3.77. The summed E-state index contributed by atoms with van der Waals surface area (Å²) in [6.45, 7) is 3.23. The van der Waals surface area contributed by atoms with Gasteiger partial charge in [-0.15, -0.1) is 0 Å². The Kier molecular flexibility index (Phi) is 2.62. The predicted molar refractivity (Wildman–Crippen MR) is 69.3 cm³/mol. The fraction of sp³-hybridized carbons (Fsp3) is 0.600. The van der Waals surface area contributed by atoms with Gasteiger partial charge >= 0.3 is 0 Å². The van der Waals surface area contributed by atoms with E-state index in [1.165, 1.54) is 48.8 Å². The molecule has 0 aromatic heterocycles. The molecule has 3 rings (SSSR count). The number of rotatable bonds is 1. The lowest BCUT2D eigenvalue weighted by Gasteiger charge is -2.35. The molecule has 0 amide bonds. The van der Waals surface area contributed by atoms with E-state index in [4.69, 9.17) is 4.74 Å². The topological polar surface area (TPSA) is 21.3 Å². The summed E-state index contributed by atoms with van der Waals surface area (Å²) in [4.78, 5) is 0. The first-order valence-electron chi connectivity index (χ1n) is 6.68. The quantitative estimate of drug-likeness (QED) is 0.801. The molecule has 0 atom stereocenters. The second-order valence-electron chi connectivity index (χ2n) is 5.47. The molecular formula is C15H21NO. The number of methoxy groups -OCH3 is 1. The highest BCUT2D eigenvalue weighted by Crippen LogP contribution is 2.44. The van der Waals surface area contributed by atoms with Gasteiger partial charge in [0.15, 0.2) is 0 Å². The Morgan fingerprint density at radius 3 is 2.65 bits per heavy atom. The van der Waals surface area contributed by atoms with Gasteiger partial charge in [0, 0.05) is 12.1 Å². The molecule has 1 saturated carbocycles. The molecule has 0 unspecified atom stereocenters. The molecular weight excluding hydrogens is 210 g/mol. The van der Waals surface area contributed by atoms with Crippen LogP contribution in [-0.4, -0.2) is 7.11 Å². The van der Waals surface area contributed by atoms with E-state index in [0.29, 0.717) is 0 Å². The average molecular weight is 231 g/mol. The highest BCUT2D eigenvalue weighted by molar-refractivity contribution is 5.48. The molecule has 1 heterocycles. The highest BCUT2D eigenvalue weighted by Gasteiger charge is 2.39. The zero-order chi connectivity index (χ0) is 11.9. The second kappa shape index (κ2) is 4.02. The van der Waals surface area contributed by atoms with Gasteiger partial charge in [-0.2, -0.15) is 0 Å². The van der Waals surface area contributed by atoms with Crippen LogP contribution in [0, 0.1) is 6.92 Å². The molecule has 1 N–H and O–H groups in total. The molecule has 1 aliphatic heterocycles. The van der Waals surface area contributed by atoms with Crippen molar-refractivity contribution < 1.29 is 4.74 Å². The normalized spacial score (nSPS) is 21.5. The third kappa shape index (κ3) is 1.66. The van der Waals surface area contributed by atoms with E-state index in [-0.39, 0.29) is 5.54 Å². The largest absolute Gasteiger partial charge is 0.497 e. The first kappa shape index (κ1) is 11.1. The van der Waals surface area contributed by atoms with Gasteiger partial charge in [-0.05, 0) is 48.6 Å². The molecule has 2 nitrogen and oxygen atoms in total. The van der Waals surface area contributed by atoms with Crippen LogP contribution >= 0.6 is 0 Å². The van der Waals surface area contributed by atoms with Crippen LogP contribution in [0.15, 0.2) is 12.1 Å². The van der Waals surface area contributed by atoms with Crippen molar-refractivity contribution in [2.75, 3.05) is 7.11 Å². The first-order chi connectivity index (χ1) is 8.25. The predicted octanol–water partition coefficient (Wildman–Crippen LogP) is 3.27. The Morgan fingerprint density at radius 1 is 1.18 bits per heavy atom. The van der Waals surface area contributed by atoms with E-state index >= 15 is 0 Å². The van der Waals surface area contributed by atoms with Crippen molar-refractivity contribution in [3.05, 3.63) is 28.8 Å². The van der Waals surface area contributed by atoms with Crippen LogP contribution < -0.4 is 10.1 Å². The van der Waals surface area contributed by atoms with Crippen molar-refractivity contribution in [2.45, 2.75) is 51.1 Å². The Morgan fingerprint density at radius 2 is 1.94 bits per heavy atom. The molecule has 1 aromatic carbocycles. The van der Waals surface area contributed by atoms with Crippen LogP contribution in [-0.2, 0) is 12.1 Å². The Hall–Kier alpha value is -1.02. The number of hydrogen-bond acceptors (Lipinski definition) is 2. The van der Waals surface area contributed by atoms with Crippen LogP contribution in [0.25, 0.3) is 0 Å². The molecule has 2 aliphatic rings. The number of nitrogens with one attached hydrogen (secondary N) is 1. The fourth-order valence-electron chi connectivity index (χ4n) is 3.52. The molecule has 1 aliphatic carbocycles. The maximum atomic E-state index is 5.43. The molecule has 0 bridgehead atoms. The van der Waals surface area contributed by atoms with Crippen molar-refractivity contribution in [3.63, 3.8) is 0 Å². The van der Waals surface area contributed by atoms with Gasteiger partial charge < -0.3 is 10.1 Å². The van der Waals surface area contributed by atoms with Gasteiger partial charge in [0.25, 0.3) is 0 Å². The zero-order valence-electron chi connectivity index (χ0n) is 10.8. The third-order valence-corrected chi connectivity index (χ3v) is 4.51. The van der Waals surface area contributed by atoms with Crippen LogP contribution in [0.4, 0.5) is 0 Å². The standard InChI is InChI=1S/C15H21NO/c1-11-8-12(17-2)9-14-13(11)10-16-15(14)6-4-3-5-7-15/h8-9,16H,3-7,10H2,1-2H3. The Labute approximate surface area is 103 Å². The Bertz CT molecular complexity index is 433. The van der Waals surface area contributed by atoms with Gasteiger partial charge in [-0.25, -0.2) is 0 Å².